The van der Waals surface area contributed by atoms with Crippen molar-refractivity contribution >= 4 is 177 Å². The standard InChI is InChI=1S/C60H44N18O21S5/c1-30(79)61-45-23-34(13-16-43(45)75-73-37-21-41-39(51(26-37)103(94,95)96)9-3-11-48(41)100(85,86)87)63-55-67-56(70-59(69-55)77-19-5-7-32(28-77)53(81)82)65-36-15-18-50(102(91,92)93)47(25-36)66-58-68-57(71-60(72-58)78-20-6-8-33(29-78)54(83)84)64-35-14-17-44(46(24-35)62-31(2)80)76-74-38-22-42-40(52(27-38)104(97,98)99)10-4-12-49(42)101(88,89)90/h3-29H,1-2H3,(H11-2,61,62,63,64,65,66,67,68,69,70,71,72,73,74,79,80,81,82,83,84,85,86,87,88,89,90,91,92,93,94,95,96,97,98,99)/p+2. The SMILES string of the molecule is CC(=O)Nc1cc(Nc2nc(Nc3ccc(S(=O)(=O)O)c(Nc4nc(Nc5ccc(N=Nc6cc(S(=O)(=O)O)c7cccc(S(=O)(=O)O)c7c6)c(NC(C)=O)c5)nc(-[n+]5cccc(C(=O)O)c5)n4)c3)nc(-[n+]3cccc(C(=O)O)c3)n2)ccc1N=Nc1cc(S(=O)(=O)O)c2cccc(S(=O)(=O)O)c2c1. The van der Waals surface area contributed by atoms with E-state index in [1.54, 1.807) is 0 Å². The molecule has 0 saturated carbocycles. The van der Waals surface area contributed by atoms with E-state index < -0.39 is 110 Å². The summed E-state index contributed by atoms with van der Waals surface area (Å²) in [5.41, 5.74) is -1.86. The number of hydrogen-bond acceptors (Lipinski definition) is 28. The molecule has 0 saturated heterocycles. The number of amides is 2. The van der Waals surface area contributed by atoms with Crippen LogP contribution in [0.15, 0.2) is 209 Å². The van der Waals surface area contributed by atoms with Crippen molar-refractivity contribution in [3.05, 3.63) is 175 Å². The third-order valence-corrected chi connectivity index (χ3v) is 18.7. The Hall–Kier alpha value is -12.8. The highest BCUT2D eigenvalue weighted by Gasteiger charge is 2.28. The fraction of sp³-hybridized carbons (Fsp3) is 0.0333. The number of hydrogen-bond donors (Lipinski definition) is 13. The maximum Gasteiger partial charge on any atom is 0.444 e. The first-order valence-corrected chi connectivity index (χ1v) is 36.0. The first-order chi connectivity index (χ1) is 48.9. The summed E-state index contributed by atoms with van der Waals surface area (Å²) in [4.78, 5) is 72.3. The van der Waals surface area contributed by atoms with E-state index in [0.29, 0.717) is 0 Å². The van der Waals surface area contributed by atoms with Crippen LogP contribution in [0.1, 0.15) is 34.6 Å². The third kappa shape index (κ3) is 17.0. The summed E-state index contributed by atoms with van der Waals surface area (Å²) in [5.74, 6) is -6.09. The second-order valence-corrected chi connectivity index (χ2v) is 28.5. The van der Waals surface area contributed by atoms with Crippen LogP contribution in [0.5, 0.6) is 0 Å². The Morgan fingerprint density at radius 1 is 0.365 bits per heavy atom. The number of nitrogens with one attached hydrogen (secondary N) is 6. The first-order valence-electron chi connectivity index (χ1n) is 28.8. The molecule has 0 radical (unpaired) electrons. The zero-order valence-electron chi connectivity index (χ0n) is 52.3. The Kier molecular flexibility index (Phi) is 19.7. The van der Waals surface area contributed by atoms with Crippen LogP contribution in [0.4, 0.5) is 80.7 Å². The van der Waals surface area contributed by atoms with Crippen molar-refractivity contribution in [2.24, 2.45) is 20.5 Å². The Bertz CT molecular complexity index is 6160. The van der Waals surface area contributed by atoms with Crippen LogP contribution in [0.25, 0.3) is 33.4 Å². The maximum atomic E-state index is 13.1. The molecule has 0 unspecified atom stereocenters. The van der Waals surface area contributed by atoms with Crippen LogP contribution < -0.4 is 41.0 Å². The van der Waals surface area contributed by atoms with Gasteiger partial charge in [-0.05, 0) is 135 Å². The third-order valence-electron chi connectivity index (χ3n) is 14.2. The Morgan fingerprint density at radius 2 is 0.721 bits per heavy atom. The Labute approximate surface area is 584 Å². The van der Waals surface area contributed by atoms with Gasteiger partial charge < -0.3 is 42.1 Å². The fourth-order valence-corrected chi connectivity index (χ4v) is 13.4. The predicted molar refractivity (Wildman–Crippen MR) is 363 cm³/mol. The number of carbonyl (C=O) groups is 4. The summed E-state index contributed by atoms with van der Waals surface area (Å²) in [5, 5.41) is 51.4. The van der Waals surface area contributed by atoms with Gasteiger partial charge in [-0.3, -0.25) is 32.4 Å². The molecule has 0 bridgehead atoms. The normalized spacial score (nSPS) is 12.1. The number of nitrogens with zero attached hydrogens (tertiary/aromatic N) is 12. The molecule has 44 heteroatoms. The first kappa shape index (κ1) is 72.5. The number of fused-ring (bicyclic) bond motifs is 2. The lowest BCUT2D eigenvalue weighted by Gasteiger charge is -2.12. The van der Waals surface area contributed by atoms with Gasteiger partial charge in [0.25, 0.3) is 50.6 Å². The average Bonchev–Trinajstić information content (AvgIpc) is 0.767. The van der Waals surface area contributed by atoms with Crippen LogP contribution in [0.3, 0.4) is 0 Å². The molecular formula is C60H46N18O21S5+2. The number of pyridine rings is 2. The highest BCUT2D eigenvalue weighted by Crippen LogP contribution is 2.39. The maximum absolute atomic E-state index is 13.1. The molecule has 7 aromatic carbocycles. The van der Waals surface area contributed by atoms with Crippen molar-refractivity contribution in [2.45, 2.75) is 38.3 Å². The molecule has 0 fully saturated rings. The number of rotatable bonds is 23. The van der Waals surface area contributed by atoms with Crippen LogP contribution in [0.2, 0.25) is 0 Å². The Balaban J connectivity index is 0.946. The van der Waals surface area contributed by atoms with E-state index in [9.17, 15) is 94.2 Å². The number of carboxylic acid groups (broad SMARTS) is 2. The van der Waals surface area contributed by atoms with E-state index in [1.165, 1.54) is 89.8 Å². The van der Waals surface area contributed by atoms with Crippen LogP contribution in [-0.2, 0) is 60.2 Å². The highest BCUT2D eigenvalue weighted by atomic mass is 32.2. The van der Waals surface area contributed by atoms with Gasteiger partial charge in [0.2, 0.25) is 11.8 Å². The van der Waals surface area contributed by atoms with Crippen molar-refractivity contribution in [2.75, 3.05) is 31.9 Å². The highest BCUT2D eigenvalue weighted by molar-refractivity contribution is 7.87. The quantitative estimate of drug-likeness (QED) is 0.0163. The van der Waals surface area contributed by atoms with Crippen molar-refractivity contribution < 1.29 is 103 Å². The fourth-order valence-electron chi connectivity index (χ4n) is 9.89. The second-order valence-electron chi connectivity index (χ2n) is 21.6. The molecule has 530 valence electrons. The smallest absolute Gasteiger partial charge is 0.444 e. The molecule has 0 atom stereocenters. The number of aromatic carboxylic acids is 2. The topological polar surface area (TPSA) is 587 Å². The predicted octanol–water partition coefficient (Wildman–Crippen LogP) is 8.27. The summed E-state index contributed by atoms with van der Waals surface area (Å²) < 4.78 is 179. The number of aromatic nitrogens is 8. The van der Waals surface area contributed by atoms with E-state index in [-0.39, 0.29) is 114 Å². The van der Waals surface area contributed by atoms with Gasteiger partial charge in [0, 0.05) is 52.5 Å². The molecule has 104 heavy (non-hydrogen) atoms. The van der Waals surface area contributed by atoms with Gasteiger partial charge in [-0.25, -0.2) is 18.7 Å². The zero-order valence-corrected chi connectivity index (χ0v) is 56.4. The summed E-state index contributed by atoms with van der Waals surface area (Å²) >= 11 is 0. The molecule has 0 aliphatic carbocycles. The number of azo groups is 2. The summed E-state index contributed by atoms with van der Waals surface area (Å²) in [6, 6.07) is 26.9. The summed E-state index contributed by atoms with van der Waals surface area (Å²) in [6.45, 7) is 2.29. The molecule has 39 nitrogen and oxygen atoms in total. The minimum Gasteiger partial charge on any atom is -0.478 e. The molecule has 11 rings (SSSR count). The van der Waals surface area contributed by atoms with Crippen molar-refractivity contribution in [1.82, 2.24) is 29.9 Å². The van der Waals surface area contributed by atoms with Gasteiger partial charge in [0.15, 0.2) is 0 Å². The molecule has 0 aliphatic rings. The molecule has 11 aromatic rings. The Morgan fingerprint density at radius 3 is 1.08 bits per heavy atom. The van der Waals surface area contributed by atoms with Crippen LogP contribution in [-0.4, -0.2) is 129 Å². The average molecular weight is 1520 g/mol. The van der Waals surface area contributed by atoms with Crippen molar-refractivity contribution in [1.29, 1.82) is 0 Å². The largest absolute Gasteiger partial charge is 0.478 e. The van der Waals surface area contributed by atoms with Crippen LogP contribution >= 0.6 is 0 Å². The van der Waals surface area contributed by atoms with Gasteiger partial charge in [-0.2, -0.15) is 52.3 Å². The molecule has 0 aliphatic heterocycles. The molecule has 4 heterocycles. The van der Waals surface area contributed by atoms with Gasteiger partial charge in [-0.15, -0.1) is 20.2 Å². The lowest BCUT2D eigenvalue weighted by molar-refractivity contribution is -0.604. The summed E-state index contributed by atoms with van der Waals surface area (Å²) in [6.07, 6.45) is 5.01. The molecule has 0 spiro atoms. The van der Waals surface area contributed by atoms with Gasteiger partial charge in [0.1, 0.15) is 35.9 Å². The molecule has 4 aromatic heterocycles. The van der Waals surface area contributed by atoms with Crippen molar-refractivity contribution in [3.63, 3.8) is 0 Å². The number of carboxylic acids is 2. The zero-order chi connectivity index (χ0) is 75.0. The van der Waals surface area contributed by atoms with E-state index in [2.05, 4.69) is 82.3 Å². The van der Waals surface area contributed by atoms with E-state index >= 15 is 0 Å². The minimum absolute atomic E-state index is 0.0551. The van der Waals surface area contributed by atoms with Crippen LogP contribution in [0, 0.1) is 0 Å². The minimum atomic E-state index is -5.17. The molecule has 2 amide bonds. The van der Waals surface area contributed by atoms with Gasteiger partial charge in [0.05, 0.1) is 64.4 Å². The number of carbonyl (C=O) groups excluding carboxylic acids is 2. The molecule has 13 N–H and O–H groups in total. The number of anilines is 10. The lowest BCUT2D eigenvalue weighted by atomic mass is 10.1. The van der Waals surface area contributed by atoms with E-state index in [0.717, 1.165) is 97.5 Å². The second kappa shape index (κ2) is 28.3. The van der Waals surface area contributed by atoms with Gasteiger partial charge >= 0.3 is 47.6 Å². The lowest BCUT2D eigenvalue weighted by Crippen LogP contribution is -2.34. The summed E-state index contributed by atoms with van der Waals surface area (Å²) in [7, 11) is -25.2. The molecular weight excluding hydrogens is 1470 g/mol. The van der Waals surface area contributed by atoms with Crippen molar-refractivity contribution in [3.8, 4) is 11.9 Å². The number of benzene rings is 7. The van der Waals surface area contributed by atoms with Gasteiger partial charge in [-0.1, -0.05) is 24.3 Å². The van der Waals surface area contributed by atoms with E-state index in [4.69, 9.17) is 0 Å². The van der Waals surface area contributed by atoms with E-state index in [1.807, 2.05) is 0 Å². The monoisotopic (exact) mass is 1510 g/mol.